The second-order valence-corrected chi connectivity index (χ2v) is 12.0. The Morgan fingerprint density at radius 1 is 0.848 bits per heavy atom. The number of hydrogen-bond donors (Lipinski definition) is 1. The molecular formula is C39H63N7. The van der Waals surface area contributed by atoms with Crippen molar-refractivity contribution in [1.29, 1.82) is 0 Å². The molecule has 1 unspecified atom stereocenters. The highest BCUT2D eigenvalue weighted by molar-refractivity contribution is 5.97. The molecule has 0 amide bonds. The molecule has 1 N–H and O–H groups in total. The highest BCUT2D eigenvalue weighted by atomic mass is 15.3. The predicted octanol–water partition coefficient (Wildman–Crippen LogP) is 7.60. The molecule has 5 heterocycles. The molecule has 0 bridgehead atoms. The molecule has 3 aromatic rings. The predicted molar refractivity (Wildman–Crippen MR) is 200 cm³/mol. The van der Waals surface area contributed by atoms with E-state index in [1.54, 1.807) is 0 Å². The summed E-state index contributed by atoms with van der Waals surface area (Å²) in [4.78, 5) is 19.6. The average Bonchev–Trinajstić information content (AvgIpc) is 3.89. The lowest BCUT2D eigenvalue weighted by molar-refractivity contribution is 0.314. The summed E-state index contributed by atoms with van der Waals surface area (Å²) in [5, 5.41) is 6.04. The zero-order chi connectivity index (χ0) is 33.8. The Morgan fingerprint density at radius 2 is 1.50 bits per heavy atom. The Balaban J connectivity index is 0.000000380. The van der Waals surface area contributed by atoms with Gasteiger partial charge in [0.15, 0.2) is 0 Å². The van der Waals surface area contributed by atoms with Crippen LogP contribution in [-0.2, 0) is 13.0 Å². The Morgan fingerprint density at radius 3 is 2.07 bits per heavy atom. The zero-order valence-electron chi connectivity index (χ0n) is 30.8. The maximum absolute atomic E-state index is 4.93. The van der Waals surface area contributed by atoms with Crippen molar-refractivity contribution in [3.63, 3.8) is 0 Å². The maximum atomic E-state index is 4.93. The summed E-state index contributed by atoms with van der Waals surface area (Å²) in [6.45, 7) is 31.0. The van der Waals surface area contributed by atoms with Crippen LogP contribution in [0.15, 0.2) is 48.7 Å². The van der Waals surface area contributed by atoms with Gasteiger partial charge in [-0.05, 0) is 70.6 Å². The number of piperazine rings is 1. The Kier molecular flexibility index (Phi) is 14.8. The molecule has 3 fully saturated rings. The topological polar surface area (TPSA) is 60.7 Å². The van der Waals surface area contributed by atoms with Gasteiger partial charge < -0.3 is 24.9 Å². The van der Waals surface area contributed by atoms with Gasteiger partial charge in [-0.15, -0.1) is 0 Å². The van der Waals surface area contributed by atoms with E-state index < -0.39 is 0 Å². The number of hydrogen-bond acceptors (Lipinski definition) is 7. The molecule has 0 radical (unpaired) electrons. The first-order chi connectivity index (χ1) is 22.4. The van der Waals surface area contributed by atoms with E-state index in [0.717, 1.165) is 69.9 Å². The Hall–Kier alpha value is -3.16. The molecular weight excluding hydrogens is 566 g/mol. The lowest BCUT2D eigenvalue weighted by Gasteiger charge is -2.39. The molecule has 46 heavy (non-hydrogen) atoms. The van der Waals surface area contributed by atoms with Crippen LogP contribution in [0.1, 0.15) is 84.0 Å². The van der Waals surface area contributed by atoms with Crippen molar-refractivity contribution in [2.24, 2.45) is 0 Å². The summed E-state index contributed by atoms with van der Waals surface area (Å²) >= 11 is 0. The third-order valence-corrected chi connectivity index (χ3v) is 9.27. The summed E-state index contributed by atoms with van der Waals surface area (Å²) in [7, 11) is 2.19. The van der Waals surface area contributed by atoms with Crippen molar-refractivity contribution in [3.05, 3.63) is 71.3 Å². The molecule has 7 heteroatoms. The molecule has 0 spiro atoms. The molecule has 0 aliphatic carbocycles. The van der Waals surface area contributed by atoms with Crippen LogP contribution < -0.4 is 15.1 Å². The SMILES string of the molecule is C=C(C1CN1)N1CCN(c2nc(C)nc3c2CCN(c2cccc4cccc(C)c24)C3)CC1.CC.CC.CC.C[C@@H]1CCCN1C. The first-order valence-electron chi connectivity index (χ1n) is 18.1. The first-order valence-corrected chi connectivity index (χ1v) is 18.1. The van der Waals surface area contributed by atoms with Gasteiger partial charge in [-0.3, -0.25) is 0 Å². The van der Waals surface area contributed by atoms with Crippen molar-refractivity contribution < 1.29 is 0 Å². The van der Waals surface area contributed by atoms with Crippen LogP contribution in [0.4, 0.5) is 11.5 Å². The number of aryl methyl sites for hydroxylation is 2. The Labute approximate surface area is 281 Å². The van der Waals surface area contributed by atoms with Crippen LogP contribution in [0, 0.1) is 13.8 Å². The van der Waals surface area contributed by atoms with Crippen LogP contribution in [0.25, 0.3) is 10.8 Å². The van der Waals surface area contributed by atoms with E-state index in [1.165, 1.54) is 58.4 Å². The van der Waals surface area contributed by atoms with Crippen molar-refractivity contribution >= 4 is 22.3 Å². The number of nitrogens with zero attached hydrogens (tertiary/aromatic N) is 6. The van der Waals surface area contributed by atoms with Gasteiger partial charge in [-0.25, -0.2) is 9.97 Å². The van der Waals surface area contributed by atoms with Crippen molar-refractivity contribution in [3.8, 4) is 0 Å². The van der Waals surface area contributed by atoms with Crippen molar-refractivity contribution in [2.75, 3.05) is 62.7 Å². The van der Waals surface area contributed by atoms with Gasteiger partial charge in [0, 0.05) is 67.6 Å². The third kappa shape index (κ3) is 9.01. The van der Waals surface area contributed by atoms with Gasteiger partial charge in [0.1, 0.15) is 11.6 Å². The van der Waals surface area contributed by atoms with E-state index in [9.17, 15) is 0 Å². The quantitative estimate of drug-likeness (QED) is 0.298. The molecule has 254 valence electrons. The molecule has 0 saturated carbocycles. The van der Waals surface area contributed by atoms with E-state index in [1.807, 2.05) is 48.5 Å². The first kappa shape index (κ1) is 37.3. The van der Waals surface area contributed by atoms with Gasteiger partial charge in [0.2, 0.25) is 0 Å². The van der Waals surface area contributed by atoms with Crippen LogP contribution in [0.5, 0.6) is 0 Å². The molecule has 4 aliphatic rings. The number of benzene rings is 2. The highest BCUT2D eigenvalue weighted by Gasteiger charge is 2.31. The van der Waals surface area contributed by atoms with Crippen LogP contribution in [-0.4, -0.2) is 84.7 Å². The minimum Gasteiger partial charge on any atom is -0.370 e. The lowest BCUT2D eigenvalue weighted by Crippen LogP contribution is -2.47. The van der Waals surface area contributed by atoms with Crippen LogP contribution >= 0.6 is 0 Å². The molecule has 7 rings (SSSR count). The second kappa shape index (κ2) is 18.2. The summed E-state index contributed by atoms with van der Waals surface area (Å²) in [6.07, 6.45) is 3.78. The van der Waals surface area contributed by atoms with E-state index in [4.69, 9.17) is 9.97 Å². The summed E-state index contributed by atoms with van der Waals surface area (Å²) < 4.78 is 0. The van der Waals surface area contributed by atoms with E-state index in [2.05, 4.69) is 88.8 Å². The van der Waals surface area contributed by atoms with Crippen molar-refractivity contribution in [1.82, 2.24) is 25.1 Å². The van der Waals surface area contributed by atoms with Gasteiger partial charge in [-0.1, -0.05) is 78.5 Å². The zero-order valence-corrected chi connectivity index (χ0v) is 30.8. The van der Waals surface area contributed by atoms with Gasteiger partial charge in [0.05, 0.1) is 18.3 Å². The minimum absolute atomic E-state index is 0.495. The standard InChI is InChI=1S/C27H32N6.C6H13N.3C2H6/c1-18-6-4-7-21-8-5-9-25(26(18)21)33-11-10-22-24(17-33)29-20(3)30-27(22)32-14-12-31(13-15-32)19(2)23-16-28-23;1-6-4-3-5-7(6)2;3*1-2/h4-9,23,28H,2,10-17H2,1,3H3;6H,3-5H2,1-2H3;3*1-2H3/t;6-;;;/m.1.../s1. The number of likely N-dealkylation sites (tertiary alicyclic amines) is 1. The van der Waals surface area contributed by atoms with E-state index in [0.29, 0.717) is 6.04 Å². The molecule has 2 aromatic carbocycles. The fourth-order valence-electron chi connectivity index (χ4n) is 6.56. The van der Waals surface area contributed by atoms with Gasteiger partial charge >= 0.3 is 0 Å². The lowest BCUT2D eigenvalue weighted by atomic mass is 9.99. The molecule has 4 aliphatic heterocycles. The normalized spacial score (nSPS) is 20.1. The molecule has 2 atom stereocenters. The Bertz CT molecular complexity index is 1360. The number of rotatable bonds is 4. The molecule has 7 nitrogen and oxygen atoms in total. The molecule has 1 aromatic heterocycles. The van der Waals surface area contributed by atoms with E-state index >= 15 is 0 Å². The number of aromatic nitrogens is 2. The summed E-state index contributed by atoms with van der Waals surface area (Å²) in [5.41, 5.74) is 6.41. The number of anilines is 2. The average molecular weight is 630 g/mol. The third-order valence-electron chi connectivity index (χ3n) is 9.27. The number of fused-ring (bicyclic) bond motifs is 2. The van der Waals surface area contributed by atoms with Crippen molar-refractivity contribution in [2.45, 2.75) is 100 Å². The van der Waals surface area contributed by atoms with Crippen LogP contribution in [0.2, 0.25) is 0 Å². The monoisotopic (exact) mass is 630 g/mol. The summed E-state index contributed by atoms with van der Waals surface area (Å²) in [6, 6.07) is 14.6. The fraction of sp³-hybridized carbons (Fsp3) is 0.590. The largest absolute Gasteiger partial charge is 0.370 e. The van der Waals surface area contributed by atoms with E-state index in [-0.39, 0.29) is 0 Å². The second-order valence-electron chi connectivity index (χ2n) is 12.0. The minimum atomic E-state index is 0.495. The summed E-state index contributed by atoms with van der Waals surface area (Å²) in [5.74, 6) is 2.02. The smallest absolute Gasteiger partial charge is 0.136 e. The van der Waals surface area contributed by atoms with Gasteiger partial charge in [0.25, 0.3) is 0 Å². The maximum Gasteiger partial charge on any atom is 0.136 e. The molecule has 3 saturated heterocycles. The van der Waals surface area contributed by atoms with Gasteiger partial charge in [-0.2, -0.15) is 0 Å². The van der Waals surface area contributed by atoms with Crippen LogP contribution in [0.3, 0.4) is 0 Å². The number of nitrogens with one attached hydrogen (secondary N) is 1. The fourth-order valence-corrected chi connectivity index (χ4v) is 6.56. The highest BCUT2D eigenvalue weighted by Crippen LogP contribution is 2.35.